The van der Waals surface area contributed by atoms with Crippen molar-refractivity contribution < 1.29 is 17.6 Å². The Hall–Kier alpha value is -3.55. The summed E-state index contributed by atoms with van der Waals surface area (Å²) in [4.78, 5) is 33.4. The van der Waals surface area contributed by atoms with Crippen LogP contribution in [0.15, 0.2) is 27.8 Å². The van der Waals surface area contributed by atoms with Crippen molar-refractivity contribution in [1.29, 1.82) is 0 Å². The van der Waals surface area contributed by atoms with Crippen molar-refractivity contribution in [3.05, 3.63) is 67.1 Å². The number of alkyl halides is 3. The molecule has 0 atom stereocenters. The maximum absolute atomic E-state index is 14.1. The van der Waals surface area contributed by atoms with Crippen LogP contribution < -0.4 is 11.2 Å². The van der Waals surface area contributed by atoms with Crippen LogP contribution in [-0.2, 0) is 32.2 Å². The first-order chi connectivity index (χ1) is 16.6. The number of nitrogens with one attached hydrogen (secondary N) is 1. The van der Waals surface area contributed by atoms with Crippen LogP contribution in [-0.4, -0.2) is 39.3 Å². The highest BCUT2D eigenvalue weighted by atomic mass is 35.5. The van der Waals surface area contributed by atoms with E-state index in [0.29, 0.717) is 13.0 Å². The van der Waals surface area contributed by atoms with Crippen LogP contribution in [0.1, 0.15) is 36.7 Å². The molecule has 0 aliphatic heterocycles. The van der Waals surface area contributed by atoms with Gasteiger partial charge in [-0.3, -0.25) is 13.9 Å². The van der Waals surface area contributed by atoms with E-state index < -0.39 is 40.8 Å². The van der Waals surface area contributed by atoms with Crippen molar-refractivity contribution in [2.75, 3.05) is 0 Å². The third kappa shape index (κ3) is 4.97. The molecule has 0 radical (unpaired) electrons. The van der Waals surface area contributed by atoms with E-state index in [0.717, 1.165) is 27.6 Å². The molecule has 10 nitrogen and oxygen atoms in total. The van der Waals surface area contributed by atoms with E-state index in [9.17, 15) is 27.2 Å². The number of halogens is 5. The molecule has 35 heavy (non-hydrogen) atoms. The molecular formula is C20H19ClF4N8O2. The number of tetrazole rings is 1. The van der Waals surface area contributed by atoms with E-state index in [2.05, 4.69) is 25.4 Å². The topological polar surface area (TPSA) is 116 Å². The van der Waals surface area contributed by atoms with Gasteiger partial charge in [0.05, 0.1) is 12.1 Å². The zero-order valence-electron chi connectivity index (χ0n) is 18.3. The number of hydrogen-bond acceptors (Lipinski definition) is 6. The number of H-pyrrole nitrogens is 1. The molecule has 3 aromatic heterocycles. The molecular weight excluding hydrogens is 496 g/mol. The molecule has 0 saturated heterocycles. The Morgan fingerprint density at radius 2 is 1.89 bits per heavy atom. The number of aromatic nitrogens is 8. The normalized spacial score (nSPS) is 12.1. The highest BCUT2D eigenvalue weighted by Gasteiger charge is 2.34. The SMILES string of the molecule is CCCn1c(=O)n(CCCn2nnc(Cc3c(F)cccc3C(F)(F)F)n2)c(=O)c2[nH]c(Cl)nc21. The summed E-state index contributed by atoms with van der Waals surface area (Å²) < 4.78 is 56.1. The van der Waals surface area contributed by atoms with Gasteiger partial charge < -0.3 is 4.98 Å². The van der Waals surface area contributed by atoms with Gasteiger partial charge in [-0.2, -0.15) is 23.0 Å². The van der Waals surface area contributed by atoms with Crippen LogP contribution in [0.25, 0.3) is 11.2 Å². The maximum atomic E-state index is 14.1. The van der Waals surface area contributed by atoms with Gasteiger partial charge in [-0.1, -0.05) is 13.0 Å². The summed E-state index contributed by atoms with van der Waals surface area (Å²) in [5.41, 5.74) is -2.52. The summed E-state index contributed by atoms with van der Waals surface area (Å²) in [5, 5.41) is 11.5. The molecule has 0 spiro atoms. The van der Waals surface area contributed by atoms with E-state index in [1.807, 2.05) is 6.92 Å². The lowest BCUT2D eigenvalue weighted by molar-refractivity contribution is -0.138. The molecule has 1 aromatic carbocycles. The third-order valence-corrected chi connectivity index (χ3v) is 5.45. The van der Waals surface area contributed by atoms with Crippen molar-refractivity contribution in [1.82, 2.24) is 39.3 Å². The average molecular weight is 515 g/mol. The standard InChI is InChI=1S/C20H19ClF4N8O2/c1-2-7-31-16-15(26-18(21)27-16)17(34)32(19(31)35)8-4-9-33-29-14(28-30-33)10-11-12(20(23,24)25)5-3-6-13(11)22/h3,5-6H,2,4,7-10H2,1H3,(H,26,27). The molecule has 0 bridgehead atoms. The van der Waals surface area contributed by atoms with Gasteiger partial charge in [-0.05, 0) is 41.8 Å². The predicted octanol–water partition coefficient (Wildman–Crippen LogP) is 2.78. The van der Waals surface area contributed by atoms with Crippen LogP contribution in [0, 0.1) is 5.82 Å². The number of nitrogens with zero attached hydrogens (tertiary/aromatic N) is 7. The second-order valence-corrected chi connectivity index (χ2v) is 8.07. The highest BCUT2D eigenvalue weighted by Crippen LogP contribution is 2.33. The van der Waals surface area contributed by atoms with E-state index in [1.54, 1.807) is 0 Å². The molecule has 4 rings (SSSR count). The van der Waals surface area contributed by atoms with Crippen LogP contribution in [0.4, 0.5) is 17.6 Å². The summed E-state index contributed by atoms with van der Waals surface area (Å²) in [6.45, 7) is 2.32. The Labute approximate surface area is 199 Å². The zero-order chi connectivity index (χ0) is 25.3. The number of benzene rings is 1. The first-order valence-electron chi connectivity index (χ1n) is 10.6. The molecule has 0 aliphatic carbocycles. The molecule has 0 fully saturated rings. The Morgan fingerprint density at radius 1 is 1.11 bits per heavy atom. The van der Waals surface area contributed by atoms with Crippen LogP contribution in [0.5, 0.6) is 0 Å². The highest BCUT2D eigenvalue weighted by molar-refractivity contribution is 6.28. The number of imidazole rings is 1. The number of rotatable bonds is 8. The third-order valence-electron chi connectivity index (χ3n) is 5.27. The summed E-state index contributed by atoms with van der Waals surface area (Å²) in [6, 6.07) is 2.70. The lowest BCUT2D eigenvalue weighted by atomic mass is 10.0. The molecule has 186 valence electrons. The first kappa shape index (κ1) is 24.6. The molecule has 3 heterocycles. The van der Waals surface area contributed by atoms with Crippen molar-refractivity contribution >= 4 is 22.8 Å². The quantitative estimate of drug-likeness (QED) is 0.285. The van der Waals surface area contributed by atoms with Crippen molar-refractivity contribution in [3.8, 4) is 0 Å². The van der Waals surface area contributed by atoms with Gasteiger partial charge in [0, 0.05) is 25.1 Å². The van der Waals surface area contributed by atoms with Gasteiger partial charge in [-0.25, -0.2) is 9.18 Å². The first-order valence-corrected chi connectivity index (χ1v) is 11.0. The van der Waals surface area contributed by atoms with Gasteiger partial charge in [0.25, 0.3) is 5.56 Å². The lowest BCUT2D eigenvalue weighted by Crippen LogP contribution is -2.40. The monoisotopic (exact) mass is 514 g/mol. The molecule has 0 aliphatic rings. The van der Waals surface area contributed by atoms with Gasteiger partial charge in [0.2, 0.25) is 5.28 Å². The van der Waals surface area contributed by atoms with Crippen molar-refractivity contribution in [2.45, 2.75) is 52.0 Å². The fraction of sp³-hybridized carbons (Fsp3) is 0.400. The predicted molar refractivity (Wildman–Crippen MR) is 117 cm³/mol. The fourth-order valence-electron chi connectivity index (χ4n) is 3.73. The Bertz CT molecular complexity index is 1490. The Balaban J connectivity index is 1.51. The smallest absolute Gasteiger partial charge is 0.323 e. The molecule has 15 heteroatoms. The lowest BCUT2D eigenvalue weighted by Gasteiger charge is -2.12. The molecule has 1 N–H and O–H groups in total. The van der Waals surface area contributed by atoms with Gasteiger partial charge in [-0.15, -0.1) is 10.2 Å². The summed E-state index contributed by atoms with van der Waals surface area (Å²) in [7, 11) is 0. The molecule has 0 unspecified atom stereocenters. The number of aryl methyl sites for hydroxylation is 2. The molecule has 0 amide bonds. The number of aromatic amines is 1. The molecule has 4 aromatic rings. The van der Waals surface area contributed by atoms with Gasteiger partial charge in [0.15, 0.2) is 17.0 Å². The van der Waals surface area contributed by atoms with E-state index in [1.165, 1.54) is 4.57 Å². The minimum absolute atomic E-state index is 0.0103. The van der Waals surface area contributed by atoms with Gasteiger partial charge in [0.1, 0.15) is 5.82 Å². The maximum Gasteiger partial charge on any atom is 0.416 e. The zero-order valence-corrected chi connectivity index (χ0v) is 19.1. The van der Waals surface area contributed by atoms with Crippen LogP contribution in [0.2, 0.25) is 5.28 Å². The summed E-state index contributed by atoms with van der Waals surface area (Å²) >= 11 is 5.88. The van der Waals surface area contributed by atoms with E-state index in [4.69, 9.17) is 11.6 Å². The van der Waals surface area contributed by atoms with Crippen molar-refractivity contribution in [3.63, 3.8) is 0 Å². The van der Waals surface area contributed by atoms with Crippen molar-refractivity contribution in [2.24, 2.45) is 0 Å². The second-order valence-electron chi connectivity index (χ2n) is 7.71. The van der Waals surface area contributed by atoms with Gasteiger partial charge >= 0.3 is 11.9 Å². The van der Waals surface area contributed by atoms with Crippen LogP contribution in [0.3, 0.4) is 0 Å². The fourth-order valence-corrected chi connectivity index (χ4v) is 3.91. The summed E-state index contributed by atoms with van der Waals surface area (Å²) in [5.74, 6) is -1.12. The Morgan fingerprint density at radius 3 is 2.60 bits per heavy atom. The number of hydrogen-bond donors (Lipinski definition) is 1. The van der Waals surface area contributed by atoms with E-state index >= 15 is 0 Å². The van der Waals surface area contributed by atoms with E-state index in [-0.39, 0.29) is 41.8 Å². The minimum atomic E-state index is -4.73. The average Bonchev–Trinajstić information content (AvgIpc) is 3.40. The number of fused-ring (bicyclic) bond motifs is 1. The largest absolute Gasteiger partial charge is 0.416 e. The minimum Gasteiger partial charge on any atom is -0.323 e. The summed E-state index contributed by atoms with van der Waals surface area (Å²) in [6.07, 6.45) is -4.37. The second kappa shape index (κ2) is 9.60. The van der Waals surface area contributed by atoms with Crippen LogP contribution >= 0.6 is 11.6 Å². The molecule has 0 saturated carbocycles. The Kier molecular flexibility index (Phi) is 6.74.